The summed E-state index contributed by atoms with van der Waals surface area (Å²) in [6.45, 7) is 5.19. The van der Waals surface area contributed by atoms with Crippen LogP contribution in [0.5, 0.6) is 5.75 Å². The Morgan fingerprint density at radius 3 is 2.58 bits per heavy atom. The van der Waals surface area contributed by atoms with E-state index in [1.54, 1.807) is 7.11 Å². The Kier molecular flexibility index (Phi) is 6.84. The van der Waals surface area contributed by atoms with Gasteiger partial charge in [0, 0.05) is 31.7 Å². The summed E-state index contributed by atoms with van der Waals surface area (Å²) < 4.78 is 7.63. The number of pyridine rings is 1. The third kappa shape index (κ3) is 4.55. The number of aryl methyl sites for hydroxylation is 1. The second kappa shape index (κ2) is 10.6. The molecule has 0 radical (unpaired) electrons. The Hall–Kier alpha value is -3.72. The number of H-pyrrole nitrogens is 1. The molecule has 0 bridgehead atoms. The first-order valence-corrected chi connectivity index (χ1v) is 13.7. The fourth-order valence-electron chi connectivity index (χ4n) is 6.18. The molecule has 2 aromatic carbocycles. The summed E-state index contributed by atoms with van der Waals surface area (Å²) >= 11 is 0. The molecule has 0 unspecified atom stereocenters. The van der Waals surface area contributed by atoms with E-state index >= 15 is 0 Å². The number of benzene rings is 2. The van der Waals surface area contributed by atoms with Crippen LogP contribution in [0.25, 0.3) is 10.9 Å². The van der Waals surface area contributed by atoms with Gasteiger partial charge in [0.05, 0.1) is 24.4 Å². The first kappa shape index (κ1) is 24.6. The number of hydrogen-bond acceptors (Lipinski definition) is 7. The van der Waals surface area contributed by atoms with E-state index in [1.165, 1.54) is 19.3 Å². The van der Waals surface area contributed by atoms with Gasteiger partial charge in [0.1, 0.15) is 11.8 Å². The Bertz CT molecular complexity index is 1470. The predicted octanol–water partition coefficient (Wildman–Crippen LogP) is 4.25. The molecule has 9 nitrogen and oxygen atoms in total. The van der Waals surface area contributed by atoms with E-state index in [1.807, 2.05) is 48.0 Å². The lowest BCUT2D eigenvalue weighted by molar-refractivity contribution is 0.192. The molecule has 1 atom stereocenters. The van der Waals surface area contributed by atoms with Gasteiger partial charge in [-0.05, 0) is 59.3 Å². The Labute approximate surface area is 222 Å². The van der Waals surface area contributed by atoms with Gasteiger partial charge < -0.3 is 14.6 Å². The molecule has 2 fully saturated rings. The average molecular weight is 514 g/mol. The number of nitrogens with one attached hydrogen (secondary N) is 1. The minimum Gasteiger partial charge on any atom is -0.495 e. The summed E-state index contributed by atoms with van der Waals surface area (Å²) in [5, 5.41) is 14.2. The maximum Gasteiger partial charge on any atom is 0.253 e. The number of ether oxygens (including phenoxy) is 1. The highest BCUT2D eigenvalue weighted by Gasteiger charge is 2.34. The Morgan fingerprint density at radius 2 is 1.79 bits per heavy atom. The number of methoxy groups -OCH3 is 1. The molecular weight excluding hydrogens is 478 g/mol. The second-order valence-electron chi connectivity index (χ2n) is 10.5. The van der Waals surface area contributed by atoms with E-state index < -0.39 is 0 Å². The van der Waals surface area contributed by atoms with Crippen LogP contribution in [0.3, 0.4) is 0 Å². The Balaban J connectivity index is 1.39. The van der Waals surface area contributed by atoms with Gasteiger partial charge in [-0.25, -0.2) is 4.68 Å². The van der Waals surface area contributed by atoms with Crippen molar-refractivity contribution < 1.29 is 4.74 Å². The first-order valence-electron chi connectivity index (χ1n) is 13.7. The number of para-hydroxylation sites is 3. The van der Waals surface area contributed by atoms with Crippen LogP contribution in [0.2, 0.25) is 0 Å². The topological polar surface area (TPSA) is 92.2 Å². The van der Waals surface area contributed by atoms with Crippen LogP contribution in [0.4, 0.5) is 5.69 Å². The molecule has 1 aliphatic heterocycles. The van der Waals surface area contributed by atoms with Crippen molar-refractivity contribution in [3.05, 3.63) is 75.8 Å². The Morgan fingerprint density at radius 1 is 1.00 bits per heavy atom. The zero-order chi connectivity index (χ0) is 26.1. The number of tetrazole rings is 1. The van der Waals surface area contributed by atoms with Crippen molar-refractivity contribution in [1.29, 1.82) is 0 Å². The fourth-order valence-corrected chi connectivity index (χ4v) is 6.18. The van der Waals surface area contributed by atoms with E-state index in [9.17, 15) is 4.79 Å². The molecule has 9 heteroatoms. The molecule has 2 aliphatic rings. The van der Waals surface area contributed by atoms with Gasteiger partial charge in [-0.3, -0.25) is 9.69 Å². The molecule has 6 rings (SSSR count). The average Bonchev–Trinajstić information content (AvgIpc) is 3.44. The summed E-state index contributed by atoms with van der Waals surface area (Å²) in [4.78, 5) is 21.5. The van der Waals surface area contributed by atoms with E-state index in [2.05, 4.69) is 42.4 Å². The molecule has 3 heterocycles. The number of anilines is 1. The van der Waals surface area contributed by atoms with Crippen molar-refractivity contribution in [3.8, 4) is 5.75 Å². The molecule has 1 N–H and O–H groups in total. The van der Waals surface area contributed by atoms with Crippen molar-refractivity contribution in [1.82, 2.24) is 30.1 Å². The number of fused-ring (bicyclic) bond motifs is 1. The number of aromatic nitrogens is 5. The maximum absolute atomic E-state index is 13.6. The lowest BCUT2D eigenvalue weighted by Crippen LogP contribution is -2.49. The van der Waals surface area contributed by atoms with Crippen molar-refractivity contribution in [2.24, 2.45) is 0 Å². The number of aromatic amines is 1. The third-order valence-corrected chi connectivity index (χ3v) is 8.20. The van der Waals surface area contributed by atoms with Crippen molar-refractivity contribution in [3.63, 3.8) is 0 Å². The number of nitrogens with zero attached hydrogens (tertiary/aromatic N) is 6. The predicted molar refractivity (Wildman–Crippen MR) is 148 cm³/mol. The van der Waals surface area contributed by atoms with Gasteiger partial charge in [0.25, 0.3) is 5.56 Å². The highest BCUT2D eigenvalue weighted by Crippen LogP contribution is 2.35. The van der Waals surface area contributed by atoms with Crippen LogP contribution in [0.15, 0.2) is 53.3 Å². The molecule has 0 amide bonds. The number of hydrogen-bond donors (Lipinski definition) is 1. The van der Waals surface area contributed by atoms with Crippen LogP contribution >= 0.6 is 0 Å². The highest BCUT2D eigenvalue weighted by atomic mass is 16.5. The molecule has 4 aromatic rings. The van der Waals surface area contributed by atoms with Gasteiger partial charge in [0.2, 0.25) is 0 Å². The molecule has 0 spiro atoms. The van der Waals surface area contributed by atoms with Crippen LogP contribution in [0.1, 0.15) is 61.1 Å². The summed E-state index contributed by atoms with van der Waals surface area (Å²) in [5.74, 6) is 1.64. The summed E-state index contributed by atoms with van der Waals surface area (Å²) in [6, 6.07) is 16.2. The molecule has 198 valence electrons. The smallest absolute Gasteiger partial charge is 0.253 e. The van der Waals surface area contributed by atoms with Crippen LogP contribution in [0, 0.1) is 6.92 Å². The first-order chi connectivity index (χ1) is 18.6. The summed E-state index contributed by atoms with van der Waals surface area (Å²) in [7, 11) is 1.71. The normalized spacial score (nSPS) is 18.1. The van der Waals surface area contributed by atoms with Gasteiger partial charge in [-0.2, -0.15) is 0 Å². The number of piperazine rings is 1. The van der Waals surface area contributed by atoms with Crippen molar-refractivity contribution in [2.45, 2.75) is 51.1 Å². The molecule has 1 saturated carbocycles. The minimum absolute atomic E-state index is 0.0813. The molecule has 38 heavy (non-hydrogen) atoms. The quantitative estimate of drug-likeness (QED) is 0.412. The van der Waals surface area contributed by atoms with Gasteiger partial charge >= 0.3 is 0 Å². The fraction of sp³-hybridized carbons (Fsp3) is 0.448. The SMILES string of the molecule is COc1ccccc1N1CCN([C@H](c2cc3cccc(C)c3[nH]c2=O)c2nnnn2C2CCCCC2)CC1. The van der Waals surface area contributed by atoms with Gasteiger partial charge in [0.15, 0.2) is 5.82 Å². The van der Waals surface area contributed by atoms with Crippen molar-refractivity contribution >= 4 is 16.6 Å². The van der Waals surface area contributed by atoms with Gasteiger partial charge in [-0.15, -0.1) is 5.10 Å². The molecule has 1 saturated heterocycles. The van der Waals surface area contributed by atoms with E-state index in [-0.39, 0.29) is 17.6 Å². The van der Waals surface area contributed by atoms with Gasteiger partial charge in [-0.1, -0.05) is 49.6 Å². The van der Waals surface area contributed by atoms with E-state index in [0.717, 1.165) is 72.7 Å². The second-order valence-corrected chi connectivity index (χ2v) is 10.5. The largest absolute Gasteiger partial charge is 0.495 e. The van der Waals surface area contributed by atoms with E-state index in [4.69, 9.17) is 4.74 Å². The van der Waals surface area contributed by atoms with Crippen LogP contribution in [-0.2, 0) is 0 Å². The zero-order valence-electron chi connectivity index (χ0n) is 22.1. The summed E-state index contributed by atoms with van der Waals surface area (Å²) in [5.41, 5.74) is 3.65. The molecule has 2 aromatic heterocycles. The number of rotatable bonds is 6. The summed E-state index contributed by atoms with van der Waals surface area (Å²) in [6.07, 6.45) is 5.76. The zero-order valence-corrected chi connectivity index (χ0v) is 22.1. The maximum atomic E-state index is 13.6. The van der Waals surface area contributed by atoms with E-state index in [0.29, 0.717) is 5.56 Å². The van der Waals surface area contributed by atoms with Crippen LogP contribution < -0.4 is 15.2 Å². The van der Waals surface area contributed by atoms with Crippen LogP contribution in [-0.4, -0.2) is 63.4 Å². The van der Waals surface area contributed by atoms with Crippen molar-refractivity contribution in [2.75, 3.05) is 38.2 Å². The minimum atomic E-state index is -0.333. The lowest BCUT2D eigenvalue weighted by atomic mass is 9.95. The molecular formula is C29H35N7O2. The lowest BCUT2D eigenvalue weighted by Gasteiger charge is -2.40. The standard InChI is InChI=1S/C29H35N7O2/c1-20-9-8-10-21-19-23(29(37)30-26(20)21)27(28-31-32-33-36(28)22-11-4-3-5-12-22)35-17-15-34(16-18-35)24-13-6-7-14-25(24)38-2/h6-10,13-14,19,22,27H,3-5,11-12,15-18H2,1-2H3,(H,30,37)/t27-/m1/s1. The monoisotopic (exact) mass is 513 g/mol. The third-order valence-electron chi connectivity index (χ3n) is 8.20. The molecule has 1 aliphatic carbocycles. The highest BCUT2D eigenvalue weighted by molar-refractivity contribution is 5.82.